The van der Waals surface area contributed by atoms with Crippen LogP contribution in [-0.2, 0) is 14.2 Å². The minimum absolute atomic E-state index is 0.0982. The first-order valence-corrected chi connectivity index (χ1v) is 7.87. The monoisotopic (exact) mass is 379 g/mol. The number of nitrogens with zero attached hydrogens (tertiary/aromatic N) is 3. The summed E-state index contributed by atoms with van der Waals surface area (Å²) in [5.41, 5.74) is 0.252. The molecule has 0 N–H and O–H groups in total. The normalized spacial score (nSPS) is 11.3. The number of hydrogen-bond donors (Lipinski definition) is 0. The van der Waals surface area contributed by atoms with Crippen molar-refractivity contribution in [3.8, 4) is 23.3 Å². The van der Waals surface area contributed by atoms with Gasteiger partial charge in [0.1, 0.15) is 6.07 Å². The molecule has 10 nitrogen and oxygen atoms in total. The van der Waals surface area contributed by atoms with Crippen LogP contribution >= 0.6 is 0 Å². The zero-order valence-electron chi connectivity index (χ0n) is 15.8. The molecule has 0 spiro atoms. The van der Waals surface area contributed by atoms with Gasteiger partial charge in [-0.15, -0.1) is 5.10 Å². The predicted molar refractivity (Wildman–Crippen MR) is 95.4 cm³/mol. The van der Waals surface area contributed by atoms with Crippen molar-refractivity contribution in [1.82, 2.24) is 0 Å². The van der Waals surface area contributed by atoms with E-state index in [1.165, 1.54) is 33.5 Å². The molecule has 0 aromatic heterocycles. The van der Waals surface area contributed by atoms with Crippen molar-refractivity contribution in [2.45, 2.75) is 13.8 Å². The van der Waals surface area contributed by atoms with Crippen molar-refractivity contribution < 1.29 is 33.2 Å². The van der Waals surface area contributed by atoms with Gasteiger partial charge in [-0.25, -0.2) is 4.79 Å². The molecule has 10 heteroatoms. The van der Waals surface area contributed by atoms with Crippen molar-refractivity contribution in [2.75, 3.05) is 34.5 Å². The molecule has 146 valence electrons. The van der Waals surface area contributed by atoms with Crippen LogP contribution < -0.4 is 14.2 Å². The van der Waals surface area contributed by atoms with Crippen LogP contribution in [0.4, 0.5) is 4.79 Å². The van der Waals surface area contributed by atoms with Gasteiger partial charge in [-0.2, -0.15) is 5.26 Å². The Labute approximate surface area is 156 Å². The van der Waals surface area contributed by atoms with Crippen LogP contribution in [0.2, 0.25) is 0 Å². The Morgan fingerprint density at radius 2 is 1.59 bits per heavy atom. The molecule has 0 saturated carbocycles. The first-order valence-electron chi connectivity index (χ1n) is 7.87. The second kappa shape index (κ2) is 11.2. The minimum Gasteiger partial charge on any atom is -0.493 e. The van der Waals surface area contributed by atoms with E-state index in [0.29, 0.717) is 22.8 Å². The van der Waals surface area contributed by atoms with E-state index in [-0.39, 0.29) is 18.9 Å². The molecule has 1 aromatic carbocycles. The lowest BCUT2D eigenvalue weighted by molar-refractivity contribution is 0.0826. The topological polar surface area (TPSA) is 121 Å². The van der Waals surface area contributed by atoms with Gasteiger partial charge in [-0.1, -0.05) is 5.10 Å². The van der Waals surface area contributed by atoms with E-state index in [1.807, 2.05) is 6.07 Å². The van der Waals surface area contributed by atoms with E-state index < -0.39 is 12.2 Å². The van der Waals surface area contributed by atoms with E-state index >= 15 is 0 Å². The highest BCUT2D eigenvalue weighted by Crippen LogP contribution is 2.38. The zero-order valence-corrected chi connectivity index (χ0v) is 15.8. The van der Waals surface area contributed by atoms with Crippen LogP contribution in [-0.4, -0.2) is 52.5 Å². The molecule has 27 heavy (non-hydrogen) atoms. The molecule has 0 saturated heterocycles. The highest BCUT2D eigenvalue weighted by molar-refractivity contribution is 6.12. The summed E-state index contributed by atoms with van der Waals surface area (Å²) in [6.07, 6.45) is -1.44. The second-order valence-electron chi connectivity index (χ2n) is 4.56. The third-order valence-electron chi connectivity index (χ3n) is 2.98. The van der Waals surface area contributed by atoms with E-state index in [9.17, 15) is 10.1 Å². The van der Waals surface area contributed by atoms with Crippen LogP contribution in [0.5, 0.6) is 17.2 Å². The molecular formula is C17H21N3O7. The Balaban J connectivity index is 3.28. The summed E-state index contributed by atoms with van der Waals surface area (Å²) >= 11 is 0. The van der Waals surface area contributed by atoms with E-state index in [4.69, 9.17) is 23.7 Å². The van der Waals surface area contributed by atoms with Crippen molar-refractivity contribution >= 4 is 18.0 Å². The zero-order chi connectivity index (χ0) is 20.2. The average Bonchev–Trinajstić information content (AvgIpc) is 2.67. The molecule has 1 rings (SSSR count). The van der Waals surface area contributed by atoms with Crippen LogP contribution in [0.1, 0.15) is 19.4 Å². The van der Waals surface area contributed by atoms with Crippen LogP contribution in [0.15, 0.2) is 22.3 Å². The van der Waals surface area contributed by atoms with E-state index in [2.05, 4.69) is 14.9 Å². The molecule has 0 aliphatic heterocycles. The molecule has 0 heterocycles. The smallest absolute Gasteiger partial charge is 0.493 e. The highest BCUT2D eigenvalue weighted by atomic mass is 16.8. The van der Waals surface area contributed by atoms with Crippen molar-refractivity contribution in [3.05, 3.63) is 17.7 Å². The Kier molecular flexibility index (Phi) is 8.94. The Bertz CT molecular complexity index is 728. The standard InChI is InChI=1S/C17H21N3O7/c1-6-25-16(27-17(21)26-7-2)20-19-12(10-18)11-8-13(22-3)15(24-5)14(9-11)23-4/h8-9H,6-7H2,1-5H3/b19-12+,20-16-. The third-order valence-corrected chi connectivity index (χ3v) is 2.98. The molecule has 0 unspecified atom stereocenters. The number of benzene rings is 1. The highest BCUT2D eigenvalue weighted by Gasteiger charge is 2.17. The van der Waals surface area contributed by atoms with Gasteiger partial charge in [-0.05, 0) is 26.0 Å². The number of carbonyl (C=O) groups is 1. The van der Waals surface area contributed by atoms with Crippen LogP contribution in [0.3, 0.4) is 0 Å². The maximum Gasteiger partial charge on any atom is 0.517 e. The number of nitriles is 1. The molecule has 0 fully saturated rings. The van der Waals surface area contributed by atoms with Gasteiger partial charge >= 0.3 is 12.2 Å². The summed E-state index contributed by atoms with van der Waals surface area (Å²) in [6, 6.07) is 4.96. The lowest BCUT2D eigenvalue weighted by atomic mass is 10.1. The fourth-order valence-electron chi connectivity index (χ4n) is 1.87. The van der Waals surface area contributed by atoms with Gasteiger partial charge in [-0.3, -0.25) is 0 Å². The van der Waals surface area contributed by atoms with Gasteiger partial charge in [0, 0.05) is 5.56 Å². The van der Waals surface area contributed by atoms with Crippen molar-refractivity contribution in [2.24, 2.45) is 10.2 Å². The first kappa shape index (κ1) is 21.6. The van der Waals surface area contributed by atoms with Crippen molar-refractivity contribution in [1.29, 1.82) is 5.26 Å². The molecule has 0 bridgehead atoms. The maximum atomic E-state index is 11.4. The van der Waals surface area contributed by atoms with Crippen LogP contribution in [0.25, 0.3) is 0 Å². The second-order valence-corrected chi connectivity index (χ2v) is 4.56. The molecule has 1 aromatic rings. The molecule has 0 aliphatic carbocycles. The fraction of sp³-hybridized carbons (Fsp3) is 0.412. The molecule has 0 amide bonds. The molecular weight excluding hydrogens is 358 g/mol. The molecule has 0 aliphatic rings. The Hall–Kier alpha value is -3.48. The summed E-state index contributed by atoms with van der Waals surface area (Å²) in [7, 11) is 4.36. The lowest BCUT2D eigenvalue weighted by Crippen LogP contribution is -2.16. The SMILES string of the molecule is CCOC(=O)O/C(=N\N=C(/C#N)c1cc(OC)c(OC)c(OC)c1)OCC. The summed E-state index contributed by atoms with van der Waals surface area (Å²) < 4.78 is 30.2. The van der Waals surface area contributed by atoms with Gasteiger partial charge in [0.15, 0.2) is 17.2 Å². The van der Waals surface area contributed by atoms with Gasteiger partial charge in [0.05, 0.1) is 34.5 Å². The summed E-state index contributed by atoms with van der Waals surface area (Å²) in [4.78, 5) is 11.4. The first-order chi connectivity index (χ1) is 13.0. The number of hydrogen-bond acceptors (Lipinski definition) is 10. The van der Waals surface area contributed by atoms with E-state index in [0.717, 1.165) is 0 Å². The number of ether oxygens (including phenoxy) is 6. The van der Waals surface area contributed by atoms with Crippen LogP contribution in [0, 0.1) is 11.3 Å². The average molecular weight is 379 g/mol. The lowest BCUT2D eigenvalue weighted by Gasteiger charge is -2.13. The summed E-state index contributed by atoms with van der Waals surface area (Å²) in [6.45, 7) is 3.57. The van der Waals surface area contributed by atoms with Gasteiger partial charge in [0.2, 0.25) is 5.75 Å². The Morgan fingerprint density at radius 3 is 2.04 bits per heavy atom. The quantitative estimate of drug-likeness (QED) is 0.307. The molecule has 0 radical (unpaired) electrons. The maximum absolute atomic E-state index is 11.4. The fourth-order valence-corrected chi connectivity index (χ4v) is 1.87. The van der Waals surface area contributed by atoms with Gasteiger partial charge in [0.25, 0.3) is 0 Å². The van der Waals surface area contributed by atoms with E-state index in [1.54, 1.807) is 13.8 Å². The third kappa shape index (κ3) is 6.07. The van der Waals surface area contributed by atoms with Gasteiger partial charge < -0.3 is 28.4 Å². The van der Waals surface area contributed by atoms with Crippen molar-refractivity contribution in [3.63, 3.8) is 0 Å². The molecule has 0 atom stereocenters. The Morgan fingerprint density at radius 1 is 1.00 bits per heavy atom. The summed E-state index contributed by atoms with van der Waals surface area (Å²) in [5.74, 6) is 1.04. The number of carbonyl (C=O) groups excluding carboxylic acids is 1. The number of methoxy groups -OCH3 is 3. The summed E-state index contributed by atoms with van der Waals surface area (Å²) in [5, 5.41) is 16.9. The minimum atomic E-state index is -0.994. The largest absolute Gasteiger partial charge is 0.517 e. The number of rotatable bonds is 7. The predicted octanol–water partition coefficient (Wildman–Crippen LogP) is 2.51.